The van der Waals surface area contributed by atoms with Crippen molar-refractivity contribution in [2.24, 2.45) is 5.41 Å². The third kappa shape index (κ3) is 4.64. The summed E-state index contributed by atoms with van der Waals surface area (Å²) >= 11 is 0. The Balaban J connectivity index is 3.15. The van der Waals surface area contributed by atoms with E-state index >= 15 is 0 Å². The summed E-state index contributed by atoms with van der Waals surface area (Å²) in [5, 5.41) is 22.4. The Morgan fingerprint density at radius 2 is 2.09 bits per heavy atom. The highest BCUT2D eigenvalue weighted by molar-refractivity contribution is 6.02. The first-order valence-electron chi connectivity index (χ1n) is 6.51. The zero-order valence-electron chi connectivity index (χ0n) is 12.8. The van der Waals surface area contributed by atoms with Crippen LogP contribution in [0.15, 0.2) is 30.0 Å². The number of benzene rings is 1. The second-order valence-electron chi connectivity index (χ2n) is 5.54. The molecule has 8 nitrogen and oxygen atoms in total. The van der Waals surface area contributed by atoms with Gasteiger partial charge in [-0.1, -0.05) is 20.8 Å². The van der Waals surface area contributed by atoms with Gasteiger partial charge in [0.15, 0.2) is 5.78 Å². The van der Waals surface area contributed by atoms with Gasteiger partial charge >= 0.3 is 5.69 Å². The number of Topliss-reactive ketones (excluding diaryl/α,β-unsaturated/α-hetero) is 1. The van der Waals surface area contributed by atoms with Gasteiger partial charge in [0.05, 0.1) is 4.92 Å². The van der Waals surface area contributed by atoms with Crippen LogP contribution in [0.1, 0.15) is 20.8 Å². The third-order valence-corrected chi connectivity index (χ3v) is 2.73. The Hall–Kier alpha value is -3.21. The van der Waals surface area contributed by atoms with Gasteiger partial charge in [0, 0.05) is 17.2 Å². The van der Waals surface area contributed by atoms with E-state index in [0.29, 0.717) is 6.41 Å². The van der Waals surface area contributed by atoms with Gasteiger partial charge in [0.2, 0.25) is 12.2 Å². The third-order valence-electron chi connectivity index (χ3n) is 2.73. The van der Waals surface area contributed by atoms with Crippen molar-refractivity contribution in [3.8, 4) is 11.8 Å². The first-order valence-corrected chi connectivity index (χ1v) is 6.51. The SMILES string of the molecule is CC(C)(C)C(=O)C(C#N)=COc1ccc(NC=O)cc1[N+](=O)[O-]. The largest absolute Gasteiger partial charge is 0.456 e. The highest BCUT2D eigenvalue weighted by atomic mass is 16.6. The molecule has 0 radical (unpaired) electrons. The first-order chi connectivity index (χ1) is 10.7. The van der Waals surface area contributed by atoms with Crippen LogP contribution >= 0.6 is 0 Å². The molecule has 0 unspecified atom stereocenters. The van der Waals surface area contributed by atoms with Crippen LogP contribution in [-0.4, -0.2) is 17.1 Å². The van der Waals surface area contributed by atoms with Gasteiger partial charge in [-0.15, -0.1) is 0 Å². The van der Waals surface area contributed by atoms with Crippen molar-refractivity contribution in [3.05, 3.63) is 40.1 Å². The summed E-state index contributed by atoms with van der Waals surface area (Å²) in [4.78, 5) is 32.7. The number of allylic oxidation sites excluding steroid dienone is 1. The number of hydrogen-bond donors (Lipinski definition) is 1. The van der Waals surface area contributed by atoms with Gasteiger partial charge < -0.3 is 10.1 Å². The summed E-state index contributed by atoms with van der Waals surface area (Å²) < 4.78 is 5.14. The van der Waals surface area contributed by atoms with E-state index in [1.54, 1.807) is 26.8 Å². The number of carbonyl (C=O) groups excluding carboxylic acids is 2. The minimum Gasteiger partial charge on any atom is -0.456 e. The molecule has 0 atom stereocenters. The molecule has 1 aromatic rings. The number of anilines is 1. The van der Waals surface area contributed by atoms with Crippen molar-refractivity contribution < 1.29 is 19.2 Å². The zero-order valence-corrected chi connectivity index (χ0v) is 12.8. The Kier molecular flexibility index (Phi) is 5.57. The lowest BCUT2D eigenvalue weighted by molar-refractivity contribution is -0.385. The van der Waals surface area contributed by atoms with Crippen molar-refractivity contribution in [1.82, 2.24) is 0 Å². The maximum absolute atomic E-state index is 12.0. The number of amides is 1. The fraction of sp³-hybridized carbons (Fsp3) is 0.267. The van der Waals surface area contributed by atoms with Crippen LogP contribution in [0, 0.1) is 26.9 Å². The van der Waals surface area contributed by atoms with Gasteiger partial charge in [0.25, 0.3) is 0 Å². The van der Waals surface area contributed by atoms with E-state index in [1.165, 1.54) is 12.1 Å². The van der Waals surface area contributed by atoms with Crippen molar-refractivity contribution in [2.75, 3.05) is 5.32 Å². The molecule has 0 aromatic heterocycles. The van der Waals surface area contributed by atoms with Gasteiger partial charge in [-0.25, -0.2) is 0 Å². The van der Waals surface area contributed by atoms with Crippen molar-refractivity contribution >= 4 is 23.6 Å². The smallest absolute Gasteiger partial charge is 0.313 e. The molecule has 120 valence electrons. The molecule has 1 rings (SSSR count). The standard InChI is InChI=1S/C15H15N3O5/c1-15(2,3)14(20)10(7-16)8-23-13-5-4-11(17-9-19)6-12(13)18(21)22/h4-6,8-9H,1-3H3,(H,17,19). The fourth-order valence-electron chi connectivity index (χ4n) is 1.57. The van der Waals surface area contributed by atoms with E-state index < -0.39 is 21.8 Å². The number of nitro groups is 1. The number of nitrogens with zero attached hydrogens (tertiary/aromatic N) is 2. The fourth-order valence-corrected chi connectivity index (χ4v) is 1.57. The van der Waals surface area contributed by atoms with E-state index in [4.69, 9.17) is 10.00 Å². The lowest BCUT2D eigenvalue weighted by Crippen LogP contribution is -2.21. The summed E-state index contributed by atoms with van der Waals surface area (Å²) in [6, 6.07) is 5.48. The predicted molar refractivity (Wildman–Crippen MR) is 81.6 cm³/mol. The number of nitro benzene ring substituents is 1. The molecule has 0 aliphatic carbocycles. The van der Waals surface area contributed by atoms with E-state index in [0.717, 1.165) is 12.3 Å². The number of carbonyl (C=O) groups is 2. The minimum absolute atomic E-state index is 0.152. The molecule has 0 bridgehead atoms. The molecule has 0 aliphatic rings. The molecule has 1 aromatic carbocycles. The molecule has 0 heterocycles. The molecule has 1 N–H and O–H groups in total. The molecular formula is C15H15N3O5. The summed E-state index contributed by atoms with van der Waals surface area (Å²) in [5.41, 5.74) is -1.22. The van der Waals surface area contributed by atoms with Crippen molar-refractivity contribution in [3.63, 3.8) is 0 Å². The Bertz CT molecular complexity index is 711. The molecule has 0 spiro atoms. The lowest BCUT2D eigenvalue weighted by atomic mass is 9.87. The number of nitriles is 1. The van der Waals surface area contributed by atoms with Crippen LogP contribution in [-0.2, 0) is 9.59 Å². The number of nitrogens with one attached hydrogen (secondary N) is 1. The molecule has 0 saturated heterocycles. The quantitative estimate of drug-likeness (QED) is 0.215. The number of hydrogen-bond acceptors (Lipinski definition) is 6. The van der Waals surface area contributed by atoms with Gasteiger partial charge in [0.1, 0.15) is 17.9 Å². The number of rotatable bonds is 6. The van der Waals surface area contributed by atoms with Crippen LogP contribution in [0.4, 0.5) is 11.4 Å². The molecule has 1 amide bonds. The highest BCUT2D eigenvalue weighted by Gasteiger charge is 2.26. The zero-order chi connectivity index (χ0) is 17.6. The normalized spacial score (nSPS) is 11.3. The monoisotopic (exact) mass is 317 g/mol. The molecular weight excluding hydrogens is 302 g/mol. The van der Waals surface area contributed by atoms with Gasteiger partial charge in [-0.05, 0) is 12.1 Å². The second-order valence-corrected chi connectivity index (χ2v) is 5.54. The molecule has 0 saturated carbocycles. The maximum atomic E-state index is 12.0. The second kappa shape index (κ2) is 7.17. The summed E-state index contributed by atoms with van der Waals surface area (Å²) in [6.45, 7) is 4.93. The van der Waals surface area contributed by atoms with Crippen LogP contribution in [0.2, 0.25) is 0 Å². The number of ether oxygens (including phenoxy) is 1. The Morgan fingerprint density at radius 3 is 2.57 bits per heavy atom. The average molecular weight is 317 g/mol. The van der Waals surface area contributed by atoms with E-state index in [2.05, 4.69) is 5.32 Å². The molecule has 23 heavy (non-hydrogen) atoms. The van der Waals surface area contributed by atoms with E-state index in [9.17, 15) is 19.7 Å². The average Bonchev–Trinajstić information content (AvgIpc) is 2.47. The molecule has 0 fully saturated rings. The van der Waals surface area contributed by atoms with Crippen LogP contribution in [0.3, 0.4) is 0 Å². The van der Waals surface area contributed by atoms with E-state index in [-0.39, 0.29) is 17.0 Å². The summed E-state index contributed by atoms with van der Waals surface area (Å²) in [6.07, 6.45) is 1.28. The maximum Gasteiger partial charge on any atom is 0.313 e. The topological polar surface area (TPSA) is 122 Å². The number of ketones is 1. The van der Waals surface area contributed by atoms with Gasteiger partial charge in [-0.3, -0.25) is 19.7 Å². The van der Waals surface area contributed by atoms with Gasteiger partial charge in [-0.2, -0.15) is 5.26 Å². The highest BCUT2D eigenvalue weighted by Crippen LogP contribution is 2.30. The minimum atomic E-state index is -0.783. The summed E-state index contributed by atoms with van der Waals surface area (Å²) in [5.74, 6) is -0.595. The predicted octanol–water partition coefficient (Wildman–Crippen LogP) is 2.56. The lowest BCUT2D eigenvalue weighted by Gasteiger charge is -2.15. The van der Waals surface area contributed by atoms with Crippen LogP contribution < -0.4 is 10.1 Å². The van der Waals surface area contributed by atoms with Crippen molar-refractivity contribution in [1.29, 1.82) is 5.26 Å². The molecule has 0 aliphatic heterocycles. The van der Waals surface area contributed by atoms with Crippen LogP contribution in [0.5, 0.6) is 5.75 Å². The van der Waals surface area contributed by atoms with E-state index in [1.807, 2.05) is 0 Å². The van der Waals surface area contributed by atoms with Crippen molar-refractivity contribution in [2.45, 2.75) is 20.8 Å². The Morgan fingerprint density at radius 1 is 1.43 bits per heavy atom. The van der Waals surface area contributed by atoms with Crippen LogP contribution in [0.25, 0.3) is 0 Å². The molecule has 8 heteroatoms. The summed E-state index contributed by atoms with van der Waals surface area (Å²) in [7, 11) is 0. The first kappa shape index (κ1) is 17.8. The Labute approximate surface area is 132 Å².